The van der Waals surface area contributed by atoms with Crippen LogP contribution in [0.1, 0.15) is 55.1 Å². The Hall–Kier alpha value is -3.49. The average molecular weight is 527 g/mol. The van der Waals surface area contributed by atoms with Crippen LogP contribution in [-0.2, 0) is 20.9 Å². The van der Waals surface area contributed by atoms with Gasteiger partial charge in [0.05, 0.1) is 32.8 Å². The van der Waals surface area contributed by atoms with Crippen molar-refractivity contribution in [3.63, 3.8) is 0 Å². The fourth-order valence-corrected chi connectivity index (χ4v) is 4.66. The lowest BCUT2D eigenvalue weighted by atomic mass is 9.87. The molecule has 0 amide bonds. The zero-order chi connectivity index (χ0) is 27.4. The highest BCUT2D eigenvalue weighted by molar-refractivity contribution is 5.71. The lowest BCUT2D eigenvalue weighted by Gasteiger charge is -2.26. The number of aliphatic hydroxyl groups is 1. The highest BCUT2D eigenvalue weighted by Crippen LogP contribution is 2.57. The number of methoxy groups -OCH3 is 3. The van der Waals surface area contributed by atoms with Gasteiger partial charge in [-0.3, -0.25) is 4.79 Å². The van der Waals surface area contributed by atoms with Crippen molar-refractivity contribution in [2.45, 2.75) is 45.0 Å². The summed E-state index contributed by atoms with van der Waals surface area (Å²) in [6, 6.07) is 14.5. The molecule has 1 N–H and O–H groups in total. The molecule has 3 aromatic rings. The molecule has 0 aliphatic heterocycles. The third-order valence-corrected chi connectivity index (χ3v) is 7.10. The standard InChI is InChI=1S/C30H32F2O6/c1-30(12-13-30)29(37-4)23-14-18(8-10-20(23)22-15-19(35-2)9-11-24(22)31)17-38-26-7-5-6-21(28(26)32)25(33)16-27(34)36-3/h5-11,14-15,25,29,33H,12-13,16-17H2,1-4H3/t25-,29+/m1/s1. The minimum Gasteiger partial charge on any atom is -0.497 e. The molecule has 1 aliphatic rings. The number of hydrogen-bond donors (Lipinski definition) is 1. The van der Waals surface area contributed by atoms with E-state index in [-0.39, 0.29) is 41.7 Å². The first-order chi connectivity index (χ1) is 18.2. The second-order valence-corrected chi connectivity index (χ2v) is 9.78. The van der Waals surface area contributed by atoms with Crippen LogP contribution in [0.2, 0.25) is 0 Å². The molecule has 0 unspecified atom stereocenters. The van der Waals surface area contributed by atoms with Gasteiger partial charge in [-0.05, 0) is 65.3 Å². The van der Waals surface area contributed by atoms with Gasteiger partial charge < -0.3 is 24.1 Å². The maximum Gasteiger partial charge on any atom is 0.308 e. The van der Waals surface area contributed by atoms with Gasteiger partial charge in [0.2, 0.25) is 0 Å². The predicted molar refractivity (Wildman–Crippen MR) is 138 cm³/mol. The van der Waals surface area contributed by atoms with Crippen LogP contribution in [0.3, 0.4) is 0 Å². The van der Waals surface area contributed by atoms with Crippen molar-refractivity contribution >= 4 is 5.97 Å². The van der Waals surface area contributed by atoms with E-state index in [1.165, 1.54) is 32.4 Å². The van der Waals surface area contributed by atoms with Crippen LogP contribution >= 0.6 is 0 Å². The van der Waals surface area contributed by atoms with Gasteiger partial charge in [0.15, 0.2) is 11.6 Å². The zero-order valence-electron chi connectivity index (χ0n) is 21.9. The van der Waals surface area contributed by atoms with Gasteiger partial charge in [-0.1, -0.05) is 31.2 Å². The fourth-order valence-electron chi connectivity index (χ4n) is 4.66. The zero-order valence-corrected chi connectivity index (χ0v) is 21.9. The molecule has 0 spiro atoms. The van der Waals surface area contributed by atoms with Crippen molar-refractivity contribution in [2.75, 3.05) is 21.3 Å². The molecule has 202 valence electrons. The molecule has 1 fully saturated rings. The molecule has 0 aromatic heterocycles. The lowest BCUT2D eigenvalue weighted by Crippen LogP contribution is -2.15. The van der Waals surface area contributed by atoms with Crippen molar-refractivity contribution in [3.8, 4) is 22.6 Å². The summed E-state index contributed by atoms with van der Waals surface area (Å²) in [5.41, 5.74) is 2.50. The smallest absolute Gasteiger partial charge is 0.308 e. The number of halogens is 2. The Bertz CT molecular complexity index is 1300. The van der Waals surface area contributed by atoms with Crippen molar-refractivity contribution in [3.05, 3.63) is 82.9 Å². The van der Waals surface area contributed by atoms with E-state index in [1.54, 1.807) is 31.4 Å². The van der Waals surface area contributed by atoms with Crippen molar-refractivity contribution in [2.24, 2.45) is 5.41 Å². The molecule has 1 saturated carbocycles. The van der Waals surface area contributed by atoms with Crippen molar-refractivity contribution in [1.29, 1.82) is 0 Å². The summed E-state index contributed by atoms with van der Waals surface area (Å²) in [5, 5.41) is 10.3. The monoisotopic (exact) mass is 526 g/mol. The van der Waals surface area contributed by atoms with E-state index < -0.39 is 17.9 Å². The van der Waals surface area contributed by atoms with Gasteiger partial charge in [0, 0.05) is 18.2 Å². The largest absolute Gasteiger partial charge is 0.497 e. The first kappa shape index (κ1) is 27.5. The summed E-state index contributed by atoms with van der Waals surface area (Å²) < 4.78 is 51.6. The number of rotatable bonds is 11. The lowest BCUT2D eigenvalue weighted by molar-refractivity contribution is -0.142. The van der Waals surface area contributed by atoms with E-state index in [0.717, 1.165) is 24.0 Å². The topological polar surface area (TPSA) is 74.2 Å². The highest BCUT2D eigenvalue weighted by Gasteiger charge is 2.46. The van der Waals surface area contributed by atoms with Gasteiger partial charge in [0.1, 0.15) is 18.2 Å². The quantitative estimate of drug-likeness (QED) is 0.296. The van der Waals surface area contributed by atoms with Crippen LogP contribution < -0.4 is 9.47 Å². The minimum absolute atomic E-state index is 0.0223. The first-order valence-electron chi connectivity index (χ1n) is 12.4. The Morgan fingerprint density at radius 3 is 2.42 bits per heavy atom. The molecule has 4 rings (SSSR count). The Morgan fingerprint density at radius 2 is 1.76 bits per heavy atom. The fraction of sp³-hybridized carbons (Fsp3) is 0.367. The van der Waals surface area contributed by atoms with Gasteiger partial charge in [-0.15, -0.1) is 0 Å². The SMILES string of the molecule is COC(=O)C[C@@H](O)c1cccc(OCc2ccc(-c3cc(OC)ccc3F)c([C@H](OC)C3(C)CC3)c2)c1F. The van der Waals surface area contributed by atoms with Crippen LogP contribution in [0, 0.1) is 17.0 Å². The van der Waals surface area contributed by atoms with E-state index >= 15 is 4.39 Å². The number of benzene rings is 3. The molecule has 8 heteroatoms. The summed E-state index contributed by atoms with van der Waals surface area (Å²) in [5.74, 6) is -1.31. The second-order valence-electron chi connectivity index (χ2n) is 9.78. The van der Waals surface area contributed by atoms with Gasteiger partial charge in [-0.25, -0.2) is 8.78 Å². The van der Waals surface area contributed by atoms with Crippen LogP contribution in [0.25, 0.3) is 11.1 Å². The van der Waals surface area contributed by atoms with Crippen LogP contribution in [0.5, 0.6) is 11.5 Å². The molecule has 38 heavy (non-hydrogen) atoms. The number of carbonyl (C=O) groups is 1. The maximum absolute atomic E-state index is 15.1. The van der Waals surface area contributed by atoms with Crippen LogP contribution in [-0.4, -0.2) is 32.4 Å². The van der Waals surface area contributed by atoms with E-state index in [4.69, 9.17) is 14.2 Å². The summed E-state index contributed by atoms with van der Waals surface area (Å²) in [6.45, 7) is 2.16. The molecule has 0 radical (unpaired) electrons. The molecule has 6 nitrogen and oxygen atoms in total. The Morgan fingerprint density at radius 1 is 1.00 bits per heavy atom. The van der Waals surface area contributed by atoms with Gasteiger partial charge in [-0.2, -0.15) is 0 Å². The number of carbonyl (C=O) groups excluding carboxylic acids is 1. The van der Waals surface area contributed by atoms with Gasteiger partial charge >= 0.3 is 5.97 Å². The van der Waals surface area contributed by atoms with Crippen molar-refractivity contribution in [1.82, 2.24) is 0 Å². The van der Waals surface area contributed by atoms with Gasteiger partial charge in [0.25, 0.3) is 0 Å². The van der Waals surface area contributed by atoms with Crippen LogP contribution in [0.4, 0.5) is 8.78 Å². The molecule has 2 atom stereocenters. The number of hydrogen-bond acceptors (Lipinski definition) is 6. The minimum atomic E-state index is -1.36. The Kier molecular flexibility index (Phi) is 8.33. The Labute approximate surface area is 221 Å². The number of ether oxygens (including phenoxy) is 4. The van der Waals surface area contributed by atoms with E-state index in [1.807, 2.05) is 12.1 Å². The van der Waals surface area contributed by atoms with E-state index in [9.17, 15) is 14.3 Å². The third-order valence-electron chi connectivity index (χ3n) is 7.10. The summed E-state index contributed by atoms with van der Waals surface area (Å²) in [4.78, 5) is 11.5. The van der Waals surface area contributed by atoms with Crippen LogP contribution in [0.15, 0.2) is 54.6 Å². The summed E-state index contributed by atoms with van der Waals surface area (Å²) in [7, 11) is 4.37. The molecular weight excluding hydrogens is 494 g/mol. The number of aliphatic hydroxyl groups excluding tert-OH is 1. The maximum atomic E-state index is 15.1. The first-order valence-corrected chi connectivity index (χ1v) is 12.4. The normalized spacial score (nSPS) is 15.4. The van der Waals surface area contributed by atoms with Crippen molar-refractivity contribution < 1.29 is 37.6 Å². The Balaban J connectivity index is 1.65. The summed E-state index contributed by atoms with van der Waals surface area (Å²) >= 11 is 0. The predicted octanol–water partition coefficient (Wildman–Crippen LogP) is 6.30. The average Bonchev–Trinajstić information content (AvgIpc) is 3.66. The molecule has 0 bridgehead atoms. The molecule has 0 heterocycles. The molecule has 0 saturated heterocycles. The summed E-state index contributed by atoms with van der Waals surface area (Å²) in [6.07, 6.45) is -0.0521. The van der Waals surface area contributed by atoms with E-state index in [2.05, 4.69) is 11.7 Å². The molecular formula is C30H32F2O6. The third kappa shape index (κ3) is 5.81. The molecule has 3 aromatic carbocycles. The second kappa shape index (κ2) is 11.5. The van der Waals surface area contributed by atoms with E-state index in [0.29, 0.717) is 16.9 Å². The molecule has 1 aliphatic carbocycles. The number of esters is 1. The highest BCUT2D eigenvalue weighted by atomic mass is 19.1.